The minimum Gasteiger partial charge on any atom is -0.481 e. The Kier molecular flexibility index (Phi) is 3.30. The number of carbonyl (C=O) groups is 2. The molecule has 0 spiro atoms. The summed E-state index contributed by atoms with van der Waals surface area (Å²) in [6, 6.07) is 10.2. The molecular weight excluding hydrogens is 328 g/mol. The number of hydrogen-bond acceptors (Lipinski definition) is 2. The number of rotatable bonds is 2. The van der Waals surface area contributed by atoms with Gasteiger partial charge in [0.15, 0.2) is 0 Å². The van der Waals surface area contributed by atoms with Crippen LogP contribution < -0.4 is 5.32 Å². The zero-order valence-corrected chi connectivity index (χ0v) is 14.6. The lowest BCUT2D eigenvalue weighted by molar-refractivity contribution is -0.149. The quantitative estimate of drug-likeness (QED) is 0.868. The number of carboxylic acids is 1. The number of benzene rings is 2. The Morgan fingerprint density at radius 2 is 1.96 bits per heavy atom. The van der Waals surface area contributed by atoms with Crippen molar-refractivity contribution in [1.29, 1.82) is 0 Å². The van der Waals surface area contributed by atoms with Crippen LogP contribution in [0.15, 0.2) is 30.3 Å². The van der Waals surface area contributed by atoms with Gasteiger partial charge in [-0.25, -0.2) is 4.79 Å². The number of aliphatic carboxylic acids is 1. The Labute approximate surface area is 152 Å². The van der Waals surface area contributed by atoms with Crippen LogP contribution in [-0.4, -0.2) is 35.1 Å². The van der Waals surface area contributed by atoms with Crippen LogP contribution in [0.25, 0.3) is 10.8 Å². The fourth-order valence-corrected chi connectivity index (χ4v) is 5.34. The normalized spacial score (nSPS) is 26.3. The molecule has 1 saturated heterocycles. The van der Waals surface area contributed by atoms with E-state index in [0.717, 1.165) is 36.8 Å². The molecule has 2 aromatic rings. The number of amides is 2. The Hall–Kier alpha value is -2.56. The predicted molar refractivity (Wildman–Crippen MR) is 99.4 cm³/mol. The third-order valence-corrected chi connectivity index (χ3v) is 6.70. The number of anilines is 1. The maximum absolute atomic E-state index is 12.9. The minimum absolute atomic E-state index is 0.0820. The molecule has 2 N–H and O–H groups in total. The maximum Gasteiger partial charge on any atom is 0.321 e. The first kappa shape index (κ1) is 15.7. The largest absolute Gasteiger partial charge is 0.481 e. The number of carbonyl (C=O) groups excluding carboxylic acids is 1. The lowest BCUT2D eigenvalue weighted by atomic mass is 9.81. The summed E-state index contributed by atoms with van der Waals surface area (Å²) < 4.78 is 0. The molecule has 2 aliphatic carbocycles. The molecule has 2 aromatic carbocycles. The van der Waals surface area contributed by atoms with Crippen LogP contribution in [-0.2, 0) is 17.6 Å². The molecular formula is C21H22N2O3. The lowest BCUT2D eigenvalue weighted by Crippen LogP contribution is -2.38. The summed E-state index contributed by atoms with van der Waals surface area (Å²) in [5.74, 6) is -0.667. The molecule has 5 heteroatoms. The average molecular weight is 350 g/mol. The highest BCUT2D eigenvalue weighted by molar-refractivity contribution is 6.04. The van der Waals surface area contributed by atoms with Crippen LogP contribution in [0.5, 0.6) is 0 Å². The van der Waals surface area contributed by atoms with Crippen molar-refractivity contribution < 1.29 is 14.7 Å². The van der Waals surface area contributed by atoms with Crippen molar-refractivity contribution in [3.63, 3.8) is 0 Å². The SMILES string of the molecule is O=C(Nc1ccc2c3c(cccc13)CC2)N1C[C@@H]2CCC[C@@]2(C(=O)O)C1. The van der Waals surface area contributed by atoms with Crippen LogP contribution in [0.2, 0.25) is 0 Å². The van der Waals surface area contributed by atoms with E-state index >= 15 is 0 Å². The van der Waals surface area contributed by atoms with Crippen molar-refractivity contribution in [1.82, 2.24) is 4.90 Å². The molecule has 5 rings (SSSR count). The van der Waals surface area contributed by atoms with Gasteiger partial charge in [-0.3, -0.25) is 4.79 Å². The summed E-state index contributed by atoms with van der Waals surface area (Å²) in [4.78, 5) is 26.4. The van der Waals surface area contributed by atoms with Crippen LogP contribution in [0.3, 0.4) is 0 Å². The molecule has 5 nitrogen and oxygen atoms in total. The van der Waals surface area contributed by atoms with E-state index in [9.17, 15) is 14.7 Å². The van der Waals surface area contributed by atoms with Crippen molar-refractivity contribution in [3.05, 3.63) is 41.5 Å². The van der Waals surface area contributed by atoms with Gasteiger partial charge in [0.1, 0.15) is 0 Å². The zero-order chi connectivity index (χ0) is 17.9. The van der Waals surface area contributed by atoms with Gasteiger partial charge in [-0.15, -0.1) is 0 Å². The van der Waals surface area contributed by atoms with Gasteiger partial charge in [-0.2, -0.15) is 0 Å². The third-order valence-electron chi connectivity index (χ3n) is 6.70. The van der Waals surface area contributed by atoms with Crippen molar-refractivity contribution in [2.45, 2.75) is 32.1 Å². The molecule has 2 atom stereocenters. The Balaban J connectivity index is 1.42. The van der Waals surface area contributed by atoms with Gasteiger partial charge in [0.25, 0.3) is 0 Å². The first-order valence-electron chi connectivity index (χ1n) is 9.41. The second-order valence-electron chi connectivity index (χ2n) is 7.97. The highest BCUT2D eigenvalue weighted by Gasteiger charge is 2.55. The van der Waals surface area contributed by atoms with Gasteiger partial charge >= 0.3 is 12.0 Å². The summed E-state index contributed by atoms with van der Waals surface area (Å²) in [6.07, 6.45) is 4.63. The van der Waals surface area contributed by atoms with Gasteiger partial charge in [0.2, 0.25) is 0 Å². The second kappa shape index (κ2) is 5.47. The van der Waals surface area contributed by atoms with Gasteiger partial charge in [0, 0.05) is 18.5 Å². The van der Waals surface area contributed by atoms with E-state index in [0.29, 0.717) is 19.5 Å². The summed E-state index contributed by atoms with van der Waals surface area (Å²) in [5.41, 5.74) is 2.77. The van der Waals surface area contributed by atoms with Crippen LogP contribution >= 0.6 is 0 Å². The van der Waals surface area contributed by atoms with Crippen LogP contribution in [0.4, 0.5) is 10.5 Å². The van der Waals surface area contributed by atoms with Crippen molar-refractivity contribution in [3.8, 4) is 0 Å². The van der Waals surface area contributed by atoms with Gasteiger partial charge in [-0.05, 0) is 54.2 Å². The summed E-state index contributed by atoms with van der Waals surface area (Å²) in [5, 5.41) is 15.1. The van der Waals surface area contributed by atoms with E-state index in [4.69, 9.17) is 0 Å². The van der Waals surface area contributed by atoms with E-state index in [1.165, 1.54) is 16.5 Å². The summed E-state index contributed by atoms with van der Waals surface area (Å²) >= 11 is 0. The van der Waals surface area contributed by atoms with Crippen LogP contribution in [0.1, 0.15) is 30.4 Å². The second-order valence-corrected chi connectivity index (χ2v) is 7.97. The number of aryl methyl sites for hydroxylation is 2. The average Bonchev–Trinajstić information content (AvgIpc) is 3.30. The first-order valence-corrected chi connectivity index (χ1v) is 9.41. The van der Waals surface area contributed by atoms with E-state index in [1.54, 1.807) is 4.90 Å². The van der Waals surface area contributed by atoms with Gasteiger partial charge in [0.05, 0.1) is 11.1 Å². The van der Waals surface area contributed by atoms with E-state index < -0.39 is 11.4 Å². The van der Waals surface area contributed by atoms with E-state index in [-0.39, 0.29) is 11.9 Å². The van der Waals surface area contributed by atoms with Gasteiger partial charge < -0.3 is 15.3 Å². The van der Waals surface area contributed by atoms with Crippen molar-refractivity contribution >= 4 is 28.5 Å². The van der Waals surface area contributed by atoms with Crippen LogP contribution in [0, 0.1) is 11.3 Å². The van der Waals surface area contributed by atoms with Crippen molar-refractivity contribution in [2.75, 3.05) is 18.4 Å². The standard InChI is InChI=1S/C21H22N2O3/c24-19(25)21-10-2-4-15(21)11-23(12-21)20(26)22-17-9-8-14-7-6-13-3-1-5-16(17)18(13)14/h1,3,5,8-9,15H,2,4,6-7,10-12H2,(H,22,26)(H,24,25)/t15-,21+/m0/s1. The maximum atomic E-state index is 12.9. The molecule has 3 aliphatic rings. The highest BCUT2D eigenvalue weighted by atomic mass is 16.4. The van der Waals surface area contributed by atoms with E-state index in [1.807, 2.05) is 12.1 Å². The number of hydrogen-bond donors (Lipinski definition) is 2. The summed E-state index contributed by atoms with van der Waals surface area (Å²) in [7, 11) is 0. The molecule has 0 unspecified atom stereocenters. The summed E-state index contributed by atoms with van der Waals surface area (Å²) in [6.45, 7) is 0.861. The molecule has 0 aromatic heterocycles. The molecule has 1 aliphatic heterocycles. The molecule has 134 valence electrons. The molecule has 0 radical (unpaired) electrons. The number of likely N-dealkylation sites (tertiary alicyclic amines) is 1. The number of nitrogens with one attached hydrogen (secondary N) is 1. The molecule has 2 fully saturated rings. The topological polar surface area (TPSA) is 69.6 Å². The molecule has 1 heterocycles. The Morgan fingerprint density at radius 3 is 2.73 bits per heavy atom. The molecule has 0 bridgehead atoms. The Morgan fingerprint density at radius 1 is 1.15 bits per heavy atom. The minimum atomic E-state index is -0.749. The zero-order valence-electron chi connectivity index (χ0n) is 14.6. The number of nitrogens with zero attached hydrogens (tertiary/aromatic N) is 1. The fourth-order valence-electron chi connectivity index (χ4n) is 5.34. The molecule has 1 saturated carbocycles. The lowest BCUT2D eigenvalue weighted by Gasteiger charge is -2.23. The monoisotopic (exact) mass is 350 g/mol. The van der Waals surface area contributed by atoms with Crippen molar-refractivity contribution in [2.24, 2.45) is 11.3 Å². The molecule has 26 heavy (non-hydrogen) atoms. The predicted octanol–water partition coefficient (Wildman–Crippen LogP) is 3.66. The highest BCUT2D eigenvalue weighted by Crippen LogP contribution is 2.49. The number of fused-ring (bicyclic) bond motifs is 1. The Bertz CT molecular complexity index is 928. The fraction of sp³-hybridized carbons (Fsp3) is 0.429. The number of urea groups is 1. The number of carboxylic acid groups (broad SMARTS) is 1. The van der Waals surface area contributed by atoms with E-state index in [2.05, 4.69) is 23.5 Å². The third kappa shape index (κ3) is 2.09. The smallest absolute Gasteiger partial charge is 0.321 e. The first-order chi connectivity index (χ1) is 12.6. The molecule has 2 amide bonds. The van der Waals surface area contributed by atoms with Gasteiger partial charge in [-0.1, -0.05) is 30.7 Å².